The molecular formula is C20H30N2O4. The van der Waals surface area contributed by atoms with E-state index in [1.807, 2.05) is 38.1 Å². The first kappa shape index (κ1) is 20.2. The SMILES string of the molecule is CCC1(CC)NC(=O)N(CC(O)COc2ccc(C(C)(C)C)cc2)C1=O. The van der Waals surface area contributed by atoms with Crippen molar-refractivity contribution in [2.45, 2.75) is 64.5 Å². The van der Waals surface area contributed by atoms with Crippen molar-refractivity contribution in [1.29, 1.82) is 0 Å². The smallest absolute Gasteiger partial charge is 0.325 e. The van der Waals surface area contributed by atoms with Gasteiger partial charge in [0.25, 0.3) is 5.91 Å². The third kappa shape index (κ3) is 4.18. The lowest BCUT2D eigenvalue weighted by Crippen LogP contribution is -2.46. The maximum absolute atomic E-state index is 12.5. The molecule has 1 saturated heterocycles. The van der Waals surface area contributed by atoms with E-state index in [1.165, 1.54) is 5.56 Å². The Bertz CT molecular complexity index is 645. The number of aliphatic hydroxyl groups is 1. The van der Waals surface area contributed by atoms with E-state index in [0.29, 0.717) is 18.6 Å². The van der Waals surface area contributed by atoms with Crippen molar-refractivity contribution in [2.24, 2.45) is 0 Å². The Kier molecular flexibility index (Phi) is 5.96. The first-order valence-electron chi connectivity index (χ1n) is 9.18. The molecule has 0 bridgehead atoms. The summed E-state index contributed by atoms with van der Waals surface area (Å²) in [5.74, 6) is 0.367. The molecule has 0 radical (unpaired) electrons. The maximum atomic E-state index is 12.5. The number of urea groups is 1. The fourth-order valence-corrected chi connectivity index (χ4v) is 3.08. The van der Waals surface area contributed by atoms with Crippen molar-refractivity contribution in [1.82, 2.24) is 10.2 Å². The Hall–Kier alpha value is -2.08. The van der Waals surface area contributed by atoms with E-state index < -0.39 is 17.7 Å². The number of aliphatic hydroxyl groups excluding tert-OH is 1. The minimum absolute atomic E-state index is 0.0111. The van der Waals surface area contributed by atoms with Crippen LogP contribution in [0, 0.1) is 0 Å². The fourth-order valence-electron chi connectivity index (χ4n) is 3.08. The molecular weight excluding hydrogens is 332 g/mol. The maximum Gasteiger partial charge on any atom is 0.325 e. The van der Waals surface area contributed by atoms with Crippen LogP contribution in [0.4, 0.5) is 4.79 Å². The van der Waals surface area contributed by atoms with Crippen LogP contribution in [0.5, 0.6) is 5.75 Å². The number of nitrogens with one attached hydrogen (secondary N) is 1. The predicted molar refractivity (Wildman–Crippen MR) is 100 cm³/mol. The molecule has 1 fully saturated rings. The molecule has 2 rings (SSSR count). The van der Waals surface area contributed by atoms with Crippen LogP contribution in [0.2, 0.25) is 0 Å². The highest BCUT2D eigenvalue weighted by Crippen LogP contribution is 2.26. The number of benzene rings is 1. The molecule has 6 heteroatoms. The van der Waals surface area contributed by atoms with Crippen LogP contribution in [0.3, 0.4) is 0 Å². The van der Waals surface area contributed by atoms with Crippen LogP contribution < -0.4 is 10.1 Å². The first-order valence-corrected chi connectivity index (χ1v) is 9.18. The zero-order chi connectivity index (χ0) is 19.5. The molecule has 2 N–H and O–H groups in total. The molecule has 0 aromatic heterocycles. The Morgan fingerprint density at radius 2 is 1.73 bits per heavy atom. The van der Waals surface area contributed by atoms with Crippen molar-refractivity contribution in [2.75, 3.05) is 13.2 Å². The molecule has 6 nitrogen and oxygen atoms in total. The van der Waals surface area contributed by atoms with Gasteiger partial charge < -0.3 is 15.2 Å². The molecule has 1 heterocycles. The summed E-state index contributed by atoms with van der Waals surface area (Å²) in [4.78, 5) is 25.7. The van der Waals surface area contributed by atoms with Gasteiger partial charge >= 0.3 is 6.03 Å². The van der Waals surface area contributed by atoms with Crippen LogP contribution in [0.1, 0.15) is 53.0 Å². The predicted octanol–water partition coefficient (Wildman–Crippen LogP) is 2.83. The number of carbonyl (C=O) groups excluding carboxylic acids is 2. The highest BCUT2D eigenvalue weighted by Gasteiger charge is 2.48. The highest BCUT2D eigenvalue weighted by molar-refractivity contribution is 6.07. The van der Waals surface area contributed by atoms with Gasteiger partial charge in [-0.15, -0.1) is 0 Å². The molecule has 0 saturated carbocycles. The minimum Gasteiger partial charge on any atom is -0.491 e. The zero-order valence-corrected chi connectivity index (χ0v) is 16.3. The van der Waals surface area contributed by atoms with Crippen LogP contribution in [-0.2, 0) is 10.2 Å². The number of amides is 3. The van der Waals surface area contributed by atoms with Gasteiger partial charge in [0.15, 0.2) is 0 Å². The van der Waals surface area contributed by atoms with E-state index in [0.717, 1.165) is 4.90 Å². The molecule has 3 amide bonds. The third-order valence-electron chi connectivity index (χ3n) is 5.01. The van der Waals surface area contributed by atoms with E-state index >= 15 is 0 Å². The summed E-state index contributed by atoms with van der Waals surface area (Å²) in [5.41, 5.74) is 0.410. The van der Waals surface area contributed by atoms with E-state index in [1.54, 1.807) is 0 Å². The number of hydrogen-bond acceptors (Lipinski definition) is 4. The summed E-state index contributed by atoms with van der Waals surface area (Å²) in [5, 5.41) is 13.0. The molecule has 0 aliphatic carbocycles. The molecule has 1 atom stereocenters. The largest absolute Gasteiger partial charge is 0.491 e. The van der Waals surface area contributed by atoms with Gasteiger partial charge in [-0.05, 0) is 36.0 Å². The monoisotopic (exact) mass is 362 g/mol. The molecule has 1 aliphatic rings. The summed E-state index contributed by atoms with van der Waals surface area (Å²) in [6.45, 7) is 10.1. The molecule has 1 aromatic rings. The topological polar surface area (TPSA) is 78.9 Å². The second-order valence-corrected chi connectivity index (χ2v) is 7.87. The van der Waals surface area contributed by atoms with Crippen LogP contribution >= 0.6 is 0 Å². The molecule has 1 aliphatic heterocycles. The summed E-state index contributed by atoms with van der Waals surface area (Å²) in [7, 11) is 0. The van der Waals surface area contributed by atoms with Crippen LogP contribution in [-0.4, -0.2) is 46.7 Å². The zero-order valence-electron chi connectivity index (χ0n) is 16.3. The summed E-state index contributed by atoms with van der Waals surface area (Å²) in [6, 6.07) is 7.26. The number of nitrogens with zero attached hydrogens (tertiary/aromatic N) is 1. The summed E-state index contributed by atoms with van der Waals surface area (Å²) >= 11 is 0. The average Bonchev–Trinajstić information content (AvgIpc) is 2.84. The van der Waals surface area contributed by atoms with Crippen molar-refractivity contribution < 1.29 is 19.4 Å². The van der Waals surface area contributed by atoms with E-state index in [2.05, 4.69) is 26.1 Å². The van der Waals surface area contributed by atoms with Gasteiger partial charge in [-0.2, -0.15) is 0 Å². The molecule has 1 aromatic carbocycles. The molecule has 0 spiro atoms. The Balaban J connectivity index is 1.92. The second kappa shape index (κ2) is 7.66. The number of rotatable bonds is 7. The van der Waals surface area contributed by atoms with E-state index in [9.17, 15) is 14.7 Å². The van der Waals surface area contributed by atoms with E-state index in [-0.39, 0.29) is 24.5 Å². The number of carbonyl (C=O) groups is 2. The van der Waals surface area contributed by atoms with Gasteiger partial charge in [0.2, 0.25) is 0 Å². The highest BCUT2D eigenvalue weighted by atomic mass is 16.5. The summed E-state index contributed by atoms with van der Waals surface area (Å²) < 4.78 is 5.60. The standard InChI is InChI=1S/C20H30N2O4/c1-6-20(7-2)17(24)22(18(25)21-20)12-15(23)13-26-16-10-8-14(9-11-16)19(3,4)5/h8-11,15,23H,6-7,12-13H2,1-5H3,(H,21,25). The van der Waals surface area contributed by atoms with Crippen molar-refractivity contribution >= 4 is 11.9 Å². The van der Waals surface area contributed by atoms with Crippen LogP contribution in [0.15, 0.2) is 24.3 Å². The third-order valence-corrected chi connectivity index (χ3v) is 5.01. The van der Waals surface area contributed by atoms with Gasteiger partial charge in [0.1, 0.15) is 24.0 Å². The number of hydrogen-bond donors (Lipinski definition) is 2. The Labute approximate surface area is 155 Å². The normalized spacial score (nSPS) is 18.0. The lowest BCUT2D eigenvalue weighted by atomic mass is 9.87. The first-order chi connectivity index (χ1) is 12.1. The fraction of sp³-hybridized carbons (Fsp3) is 0.600. The van der Waals surface area contributed by atoms with Gasteiger partial charge in [-0.1, -0.05) is 46.8 Å². The van der Waals surface area contributed by atoms with Gasteiger partial charge in [-0.25, -0.2) is 4.79 Å². The van der Waals surface area contributed by atoms with Gasteiger partial charge in [-0.3, -0.25) is 9.69 Å². The molecule has 144 valence electrons. The Morgan fingerprint density at radius 1 is 1.15 bits per heavy atom. The number of ether oxygens (including phenoxy) is 1. The summed E-state index contributed by atoms with van der Waals surface area (Å²) in [6.07, 6.45) is 0.103. The van der Waals surface area contributed by atoms with E-state index in [4.69, 9.17) is 4.74 Å². The second-order valence-electron chi connectivity index (χ2n) is 7.87. The average molecular weight is 362 g/mol. The lowest BCUT2D eigenvalue weighted by Gasteiger charge is -2.24. The molecule has 1 unspecified atom stereocenters. The Morgan fingerprint density at radius 3 is 2.19 bits per heavy atom. The lowest BCUT2D eigenvalue weighted by molar-refractivity contribution is -0.132. The van der Waals surface area contributed by atoms with Crippen molar-refractivity contribution in [3.05, 3.63) is 29.8 Å². The minimum atomic E-state index is -0.948. The van der Waals surface area contributed by atoms with Gasteiger partial charge in [0, 0.05) is 0 Å². The van der Waals surface area contributed by atoms with Crippen LogP contribution in [0.25, 0.3) is 0 Å². The number of β-amino-alcohol motifs (C(OH)–C–C–N with tert-alkyl or cyclic N) is 1. The number of imide groups is 1. The quantitative estimate of drug-likeness (QED) is 0.731. The van der Waals surface area contributed by atoms with Crippen molar-refractivity contribution in [3.63, 3.8) is 0 Å². The molecule has 26 heavy (non-hydrogen) atoms. The van der Waals surface area contributed by atoms with Crippen molar-refractivity contribution in [3.8, 4) is 5.75 Å². The van der Waals surface area contributed by atoms with Gasteiger partial charge in [0.05, 0.1) is 6.54 Å².